The second kappa shape index (κ2) is 8.21. The average Bonchev–Trinajstić information content (AvgIpc) is 3.38. The van der Waals surface area contributed by atoms with Crippen molar-refractivity contribution < 1.29 is 18.0 Å². The van der Waals surface area contributed by atoms with Crippen LogP contribution in [-0.2, 0) is 21.5 Å². The molecule has 2 aromatic rings. The zero-order valence-corrected chi connectivity index (χ0v) is 16.8. The first-order valence-corrected chi connectivity index (χ1v) is 11.2. The smallest absolute Gasteiger partial charge is 0.221 e. The van der Waals surface area contributed by atoms with Crippen LogP contribution in [0.5, 0.6) is 5.75 Å². The highest BCUT2D eigenvalue weighted by Crippen LogP contribution is 2.36. The van der Waals surface area contributed by atoms with Gasteiger partial charge >= 0.3 is 0 Å². The van der Waals surface area contributed by atoms with E-state index < -0.39 is 15.3 Å². The summed E-state index contributed by atoms with van der Waals surface area (Å²) < 4.78 is 33.6. The van der Waals surface area contributed by atoms with Crippen molar-refractivity contribution >= 4 is 10.0 Å². The zero-order valence-electron chi connectivity index (χ0n) is 16.0. The molecule has 0 aliphatic carbocycles. The zero-order chi connectivity index (χ0) is 19.6. The molecule has 0 aromatic heterocycles. The lowest BCUT2D eigenvalue weighted by Gasteiger charge is -2.26. The number of rotatable bonds is 6. The van der Waals surface area contributed by atoms with Gasteiger partial charge in [-0.05, 0) is 36.1 Å². The van der Waals surface area contributed by atoms with Gasteiger partial charge in [0.25, 0.3) is 0 Å². The molecule has 0 radical (unpaired) electrons. The van der Waals surface area contributed by atoms with Gasteiger partial charge < -0.3 is 4.74 Å². The van der Waals surface area contributed by atoms with Gasteiger partial charge in [0.1, 0.15) is 17.6 Å². The van der Waals surface area contributed by atoms with Crippen LogP contribution in [0.25, 0.3) is 0 Å². The third-order valence-corrected chi connectivity index (χ3v) is 7.71. The summed E-state index contributed by atoms with van der Waals surface area (Å²) in [6.07, 6.45) is 1.86. The second-order valence-electron chi connectivity index (χ2n) is 7.32. The van der Waals surface area contributed by atoms with E-state index in [0.29, 0.717) is 19.7 Å². The van der Waals surface area contributed by atoms with Gasteiger partial charge in [0.05, 0.1) is 12.6 Å². The average molecular weight is 403 g/mol. The summed E-state index contributed by atoms with van der Waals surface area (Å²) in [4.78, 5) is 5.61. The van der Waals surface area contributed by atoms with Crippen LogP contribution in [0.4, 0.5) is 0 Å². The second-order valence-corrected chi connectivity index (χ2v) is 9.47. The first-order chi connectivity index (χ1) is 13.6. The Morgan fingerprint density at radius 1 is 1.04 bits per heavy atom. The molecule has 2 saturated heterocycles. The van der Waals surface area contributed by atoms with Crippen LogP contribution in [-0.4, -0.2) is 49.8 Å². The van der Waals surface area contributed by atoms with Crippen molar-refractivity contribution in [3.8, 4) is 5.75 Å². The van der Waals surface area contributed by atoms with Gasteiger partial charge in [-0.15, -0.1) is 0 Å². The summed E-state index contributed by atoms with van der Waals surface area (Å²) in [5.74, 6) is 0.758. The molecule has 2 aromatic carbocycles. The Kier molecular flexibility index (Phi) is 5.68. The maximum atomic E-state index is 13.1. The molecule has 28 heavy (non-hydrogen) atoms. The minimum Gasteiger partial charge on any atom is -0.489 e. The Hall–Kier alpha value is -1.93. The third kappa shape index (κ3) is 3.93. The van der Waals surface area contributed by atoms with Crippen molar-refractivity contribution in [2.45, 2.75) is 30.7 Å². The first-order valence-electron chi connectivity index (χ1n) is 9.67. The van der Waals surface area contributed by atoms with Crippen molar-refractivity contribution in [1.82, 2.24) is 9.37 Å². The lowest BCUT2D eigenvalue weighted by molar-refractivity contribution is -0.110. The monoisotopic (exact) mass is 402 g/mol. The van der Waals surface area contributed by atoms with Gasteiger partial charge in [0, 0.05) is 20.1 Å². The van der Waals surface area contributed by atoms with Crippen molar-refractivity contribution in [2.75, 3.05) is 26.7 Å². The first kappa shape index (κ1) is 19.4. The number of hydrogen-bond acceptors (Lipinski definition) is 5. The fourth-order valence-corrected chi connectivity index (χ4v) is 5.94. The number of hydrogen-bond donors (Lipinski definition) is 0. The predicted molar refractivity (Wildman–Crippen MR) is 107 cm³/mol. The number of hydroxylamine groups is 2. The summed E-state index contributed by atoms with van der Waals surface area (Å²) in [6.45, 7) is 1.91. The van der Waals surface area contributed by atoms with Gasteiger partial charge in [0.15, 0.2) is 0 Å². The van der Waals surface area contributed by atoms with E-state index in [2.05, 4.69) is 0 Å². The normalized spacial score (nSPS) is 23.9. The lowest BCUT2D eigenvalue weighted by atomic mass is 10.0. The van der Waals surface area contributed by atoms with E-state index >= 15 is 0 Å². The molecule has 4 rings (SSSR count). The fourth-order valence-electron chi connectivity index (χ4n) is 3.91. The van der Waals surface area contributed by atoms with E-state index in [9.17, 15) is 8.42 Å². The summed E-state index contributed by atoms with van der Waals surface area (Å²) in [5.41, 5.74) is 2.02. The fraction of sp³-hybridized carbons (Fsp3) is 0.429. The number of nitrogens with zero attached hydrogens (tertiary/aromatic N) is 2. The molecule has 6 nitrogen and oxygen atoms in total. The molecule has 2 aliphatic rings. The van der Waals surface area contributed by atoms with Crippen LogP contribution in [0.15, 0.2) is 54.6 Å². The summed E-state index contributed by atoms with van der Waals surface area (Å²) in [5, 5.41) is 1.07. The van der Waals surface area contributed by atoms with Gasteiger partial charge in [-0.25, -0.2) is 12.7 Å². The molecule has 0 saturated carbocycles. The predicted octanol–water partition coefficient (Wildman–Crippen LogP) is 2.98. The minimum atomic E-state index is -3.39. The molecule has 7 heteroatoms. The van der Waals surface area contributed by atoms with E-state index in [-0.39, 0.29) is 12.6 Å². The molecule has 0 unspecified atom stereocenters. The molecule has 0 bridgehead atoms. The summed E-state index contributed by atoms with van der Waals surface area (Å²) >= 11 is 0. The van der Waals surface area contributed by atoms with Crippen LogP contribution in [0.3, 0.4) is 0 Å². The van der Waals surface area contributed by atoms with Crippen LogP contribution >= 0.6 is 0 Å². The molecular formula is C21H26N2O4S. The lowest BCUT2D eigenvalue weighted by Crippen LogP contribution is -2.41. The maximum Gasteiger partial charge on any atom is 0.221 e. The molecule has 2 heterocycles. The quantitative estimate of drug-likeness (QED) is 0.744. The van der Waals surface area contributed by atoms with E-state index in [1.165, 1.54) is 0 Å². The molecule has 2 aliphatic heterocycles. The molecule has 0 N–H and O–H groups in total. The molecular weight excluding hydrogens is 376 g/mol. The molecule has 2 atom stereocenters. The van der Waals surface area contributed by atoms with Gasteiger partial charge in [-0.2, -0.15) is 5.06 Å². The molecule has 0 spiro atoms. The van der Waals surface area contributed by atoms with Crippen molar-refractivity contribution in [3.63, 3.8) is 0 Å². The van der Waals surface area contributed by atoms with Crippen LogP contribution in [0.2, 0.25) is 0 Å². The van der Waals surface area contributed by atoms with E-state index in [1.807, 2.05) is 54.6 Å². The largest absolute Gasteiger partial charge is 0.489 e. The standard InChI is InChI=1S/C21H26N2O4S/c1-22-21(20(16-27-22)28(24,25)23-13-5-6-14-23)18-9-11-19(12-10-18)26-15-17-7-3-2-4-8-17/h2-4,7-12,20-21H,5-6,13-16H2,1H3/t20-,21-/m1/s1. The highest BCUT2D eigenvalue weighted by Gasteiger charge is 2.46. The van der Waals surface area contributed by atoms with Crippen molar-refractivity contribution in [3.05, 3.63) is 65.7 Å². The third-order valence-electron chi connectivity index (χ3n) is 5.46. The van der Waals surface area contributed by atoms with Gasteiger partial charge in [0.2, 0.25) is 10.0 Å². The van der Waals surface area contributed by atoms with Crippen LogP contribution in [0.1, 0.15) is 30.0 Å². The topological polar surface area (TPSA) is 59.1 Å². The van der Waals surface area contributed by atoms with E-state index in [4.69, 9.17) is 9.57 Å². The highest BCUT2D eigenvalue weighted by atomic mass is 32.2. The van der Waals surface area contributed by atoms with Crippen molar-refractivity contribution in [2.24, 2.45) is 0 Å². The Bertz CT molecular complexity index is 880. The van der Waals surface area contributed by atoms with Crippen molar-refractivity contribution in [1.29, 1.82) is 0 Å². The maximum absolute atomic E-state index is 13.1. The Morgan fingerprint density at radius 3 is 2.39 bits per heavy atom. The van der Waals surface area contributed by atoms with Gasteiger partial charge in [-0.1, -0.05) is 42.5 Å². The minimum absolute atomic E-state index is 0.187. The molecule has 150 valence electrons. The number of sulfonamides is 1. The molecule has 2 fully saturated rings. The van der Waals surface area contributed by atoms with Crippen LogP contribution < -0.4 is 4.74 Å². The Labute approximate surface area is 166 Å². The van der Waals surface area contributed by atoms with Gasteiger partial charge in [-0.3, -0.25) is 4.84 Å². The number of benzene rings is 2. The summed E-state index contributed by atoms with van der Waals surface area (Å²) in [7, 11) is -1.59. The van der Waals surface area contributed by atoms with E-state index in [0.717, 1.165) is 29.7 Å². The highest BCUT2D eigenvalue weighted by molar-refractivity contribution is 7.89. The Balaban J connectivity index is 1.48. The Morgan fingerprint density at radius 2 is 1.71 bits per heavy atom. The van der Waals surface area contributed by atoms with E-state index in [1.54, 1.807) is 16.4 Å². The number of ether oxygens (including phenoxy) is 1. The SMILES string of the molecule is CN1OC[C@@H](S(=O)(=O)N2CCCC2)[C@H]1c1ccc(OCc2ccccc2)cc1. The summed E-state index contributed by atoms with van der Waals surface area (Å²) in [6, 6.07) is 17.3. The van der Waals surface area contributed by atoms with Crippen LogP contribution in [0, 0.1) is 0 Å². The molecule has 0 amide bonds.